The van der Waals surface area contributed by atoms with Crippen LogP contribution in [0.25, 0.3) is 0 Å². The predicted molar refractivity (Wildman–Crippen MR) is 160 cm³/mol. The van der Waals surface area contributed by atoms with Crippen LogP contribution in [0.1, 0.15) is 39.5 Å². The first-order valence-electron chi connectivity index (χ1n) is 11.7. The van der Waals surface area contributed by atoms with Crippen LogP contribution in [-0.4, -0.2) is 79.3 Å². The molecular formula is C24H38O4S6. The highest BCUT2D eigenvalue weighted by Gasteiger charge is 2.28. The minimum Gasteiger partial charge on any atom is -0.461 e. The van der Waals surface area contributed by atoms with E-state index in [1.54, 1.807) is 13.8 Å². The van der Waals surface area contributed by atoms with Crippen molar-refractivity contribution in [1.29, 1.82) is 0 Å². The van der Waals surface area contributed by atoms with E-state index < -0.39 is 0 Å². The predicted octanol–water partition coefficient (Wildman–Crippen LogP) is 6.60. The number of ether oxygens (including phenoxy) is 2. The van der Waals surface area contributed by atoms with Crippen LogP contribution < -0.4 is 0 Å². The van der Waals surface area contributed by atoms with Crippen molar-refractivity contribution in [1.82, 2.24) is 0 Å². The van der Waals surface area contributed by atoms with Gasteiger partial charge in [-0.25, -0.2) is 9.59 Å². The number of carbonyl (C=O) groups excluding carboxylic acids is 2. The van der Waals surface area contributed by atoms with E-state index in [1.807, 2.05) is 47.0 Å². The summed E-state index contributed by atoms with van der Waals surface area (Å²) in [5, 5.41) is 0.838. The number of thioether (sulfide) groups is 6. The van der Waals surface area contributed by atoms with Crippen LogP contribution in [0.3, 0.4) is 0 Å². The Balaban J connectivity index is 1.35. The molecule has 0 N–H and O–H groups in total. The Bertz CT molecular complexity index is 618. The van der Waals surface area contributed by atoms with Crippen molar-refractivity contribution in [3.8, 4) is 0 Å². The minimum atomic E-state index is -0.273. The van der Waals surface area contributed by atoms with Gasteiger partial charge in [0.15, 0.2) is 0 Å². The molecule has 0 aromatic carbocycles. The smallest absolute Gasteiger partial charge is 0.333 e. The third-order valence-corrected chi connectivity index (χ3v) is 14.6. The zero-order chi connectivity index (χ0) is 24.8. The van der Waals surface area contributed by atoms with Gasteiger partial charge in [-0.05, 0) is 38.2 Å². The topological polar surface area (TPSA) is 52.6 Å². The average Bonchev–Trinajstić information content (AvgIpc) is 3.46. The van der Waals surface area contributed by atoms with Crippen LogP contribution in [0.5, 0.6) is 0 Å². The number of rotatable bonds is 17. The van der Waals surface area contributed by atoms with Crippen LogP contribution in [0.2, 0.25) is 0 Å². The molecule has 0 bridgehead atoms. The summed E-state index contributed by atoms with van der Waals surface area (Å²) >= 11 is 12.0. The number of esters is 2. The maximum absolute atomic E-state index is 11.5. The van der Waals surface area contributed by atoms with Crippen molar-refractivity contribution in [2.75, 3.05) is 47.7 Å². The first-order valence-corrected chi connectivity index (χ1v) is 18.0. The maximum Gasteiger partial charge on any atom is 0.333 e. The summed E-state index contributed by atoms with van der Waals surface area (Å²) < 4.78 is 11.8. The molecule has 4 nitrogen and oxygen atoms in total. The molecular weight excluding hydrogens is 545 g/mol. The summed E-state index contributed by atoms with van der Waals surface area (Å²) in [5.41, 5.74) is 0.948. The second kappa shape index (κ2) is 17.9. The molecule has 0 aromatic heterocycles. The summed E-state index contributed by atoms with van der Waals surface area (Å²) in [4.78, 5) is 23.0. The van der Waals surface area contributed by atoms with E-state index >= 15 is 0 Å². The fourth-order valence-corrected chi connectivity index (χ4v) is 12.5. The van der Waals surface area contributed by atoms with Crippen LogP contribution in [-0.2, 0) is 19.1 Å². The van der Waals surface area contributed by atoms with Gasteiger partial charge in [0.05, 0.1) is 9.16 Å². The van der Waals surface area contributed by atoms with E-state index in [0.29, 0.717) is 44.0 Å². The fraction of sp³-hybridized carbons (Fsp3) is 0.750. The number of hydrogen-bond donors (Lipinski definition) is 0. The molecule has 0 spiro atoms. The van der Waals surface area contributed by atoms with Gasteiger partial charge in [-0.1, -0.05) is 26.0 Å². The zero-order valence-corrected chi connectivity index (χ0v) is 25.2. The molecule has 4 atom stereocenters. The van der Waals surface area contributed by atoms with E-state index in [4.69, 9.17) is 9.47 Å². The molecule has 0 saturated carbocycles. The van der Waals surface area contributed by atoms with Crippen molar-refractivity contribution in [2.45, 2.75) is 59.2 Å². The average molecular weight is 583 g/mol. The Kier molecular flexibility index (Phi) is 16.2. The zero-order valence-electron chi connectivity index (χ0n) is 20.3. The van der Waals surface area contributed by atoms with Gasteiger partial charge in [-0.15, -0.1) is 47.0 Å². The molecule has 0 aromatic rings. The molecule has 2 aliphatic heterocycles. The third kappa shape index (κ3) is 13.2. The molecule has 4 unspecified atom stereocenters. The van der Waals surface area contributed by atoms with E-state index in [2.05, 4.69) is 36.7 Å². The second-order valence-electron chi connectivity index (χ2n) is 8.36. The van der Waals surface area contributed by atoms with Gasteiger partial charge in [-0.3, -0.25) is 0 Å². The van der Waals surface area contributed by atoms with Crippen molar-refractivity contribution < 1.29 is 19.1 Å². The Hall–Kier alpha value is 0.520. The molecule has 2 saturated heterocycles. The van der Waals surface area contributed by atoms with Gasteiger partial charge in [0.2, 0.25) is 0 Å². The van der Waals surface area contributed by atoms with Gasteiger partial charge >= 0.3 is 11.9 Å². The molecule has 2 fully saturated rings. The maximum atomic E-state index is 11.5. The van der Waals surface area contributed by atoms with E-state index in [1.165, 1.54) is 48.7 Å². The normalized spacial score (nSPS) is 24.2. The second-order valence-corrected chi connectivity index (χ2v) is 16.7. The Labute approximate surface area is 231 Å². The molecule has 2 rings (SSSR count). The quantitative estimate of drug-likeness (QED) is 0.106. The number of carbonyl (C=O) groups is 2. The largest absolute Gasteiger partial charge is 0.461 e. The first-order chi connectivity index (χ1) is 16.3. The van der Waals surface area contributed by atoms with Crippen LogP contribution in [0.15, 0.2) is 24.3 Å². The lowest BCUT2D eigenvalue weighted by Crippen LogP contribution is -2.16. The summed E-state index contributed by atoms with van der Waals surface area (Å²) in [5.74, 6) is 6.44. The van der Waals surface area contributed by atoms with Gasteiger partial charge < -0.3 is 9.47 Å². The summed E-state index contributed by atoms with van der Waals surface area (Å²) in [6.07, 6.45) is 5.24. The van der Waals surface area contributed by atoms with Crippen molar-refractivity contribution in [2.24, 2.45) is 0 Å². The molecule has 2 heterocycles. The van der Waals surface area contributed by atoms with Crippen LogP contribution in [0, 0.1) is 0 Å². The lowest BCUT2D eigenvalue weighted by atomic mass is 10.2. The molecule has 194 valence electrons. The Morgan fingerprint density at radius 3 is 1.56 bits per heavy atom. The number of unbranched alkanes of at least 4 members (excludes halogenated alkanes) is 3. The summed E-state index contributed by atoms with van der Waals surface area (Å²) in [6.45, 7) is 11.6. The lowest BCUT2D eigenvalue weighted by Gasteiger charge is -2.11. The molecule has 2 aliphatic rings. The Morgan fingerprint density at radius 2 is 1.18 bits per heavy atom. The van der Waals surface area contributed by atoms with Gasteiger partial charge in [-0.2, -0.15) is 23.5 Å². The fourth-order valence-electron chi connectivity index (χ4n) is 3.07. The molecule has 0 radical (unpaired) electrons. The molecule has 0 aliphatic carbocycles. The summed E-state index contributed by atoms with van der Waals surface area (Å²) in [6, 6.07) is 0. The van der Waals surface area contributed by atoms with Crippen LogP contribution >= 0.6 is 70.6 Å². The lowest BCUT2D eigenvalue weighted by molar-refractivity contribution is -0.139. The first kappa shape index (κ1) is 30.7. The minimum absolute atomic E-state index is 0.273. The van der Waals surface area contributed by atoms with Gasteiger partial charge in [0, 0.05) is 44.7 Å². The van der Waals surface area contributed by atoms with E-state index in [-0.39, 0.29) is 11.9 Å². The molecule has 10 heteroatoms. The molecule has 0 amide bonds. The highest BCUT2D eigenvalue weighted by molar-refractivity contribution is 8.22. The van der Waals surface area contributed by atoms with Crippen molar-refractivity contribution in [3.05, 3.63) is 24.3 Å². The standard InChI is InChI=1S/C24H38O4S6/c1-17(2)23(25)27-11-19-13-31-21(33-19)15-29-9-7-5-6-8-10-30-16-22-32-14-20(34-22)12-28-24(26)18(3)4/h19-22H,1,3,5-16H2,2,4H3. The third-order valence-electron chi connectivity index (χ3n) is 4.96. The summed E-state index contributed by atoms with van der Waals surface area (Å²) in [7, 11) is 0. The highest BCUT2D eigenvalue weighted by atomic mass is 32.2. The molecule has 34 heavy (non-hydrogen) atoms. The van der Waals surface area contributed by atoms with Gasteiger partial charge in [0.25, 0.3) is 0 Å². The van der Waals surface area contributed by atoms with Crippen molar-refractivity contribution in [3.63, 3.8) is 0 Å². The van der Waals surface area contributed by atoms with Crippen LogP contribution in [0.4, 0.5) is 0 Å². The van der Waals surface area contributed by atoms with E-state index in [9.17, 15) is 9.59 Å². The number of hydrogen-bond acceptors (Lipinski definition) is 10. The van der Waals surface area contributed by atoms with Crippen molar-refractivity contribution >= 4 is 82.5 Å². The monoisotopic (exact) mass is 582 g/mol. The Morgan fingerprint density at radius 1 is 0.765 bits per heavy atom. The van der Waals surface area contributed by atoms with E-state index in [0.717, 1.165) is 11.5 Å². The highest BCUT2D eigenvalue weighted by Crippen LogP contribution is 2.40. The van der Waals surface area contributed by atoms with Gasteiger partial charge in [0.1, 0.15) is 13.2 Å². The SMILES string of the molecule is C=C(C)C(=O)OCC1CSC(CSCCCCCCSCC2SCC(COC(=O)C(=C)C)S2)S1.